The van der Waals surface area contributed by atoms with Crippen LogP contribution in [0.2, 0.25) is 0 Å². The zero-order chi connectivity index (χ0) is 18.0. The molecule has 1 aromatic heterocycles. The summed E-state index contributed by atoms with van der Waals surface area (Å²) in [5.74, 6) is 1.77. The summed E-state index contributed by atoms with van der Waals surface area (Å²) in [5, 5.41) is 0. The molecule has 7 heteroatoms. The van der Waals surface area contributed by atoms with Gasteiger partial charge < -0.3 is 4.90 Å². The summed E-state index contributed by atoms with van der Waals surface area (Å²) in [4.78, 5) is 11.3. The highest BCUT2D eigenvalue weighted by molar-refractivity contribution is 7.89. The summed E-state index contributed by atoms with van der Waals surface area (Å²) in [6.45, 7) is 8.61. The van der Waals surface area contributed by atoms with E-state index in [0.717, 1.165) is 30.2 Å². The van der Waals surface area contributed by atoms with Crippen molar-refractivity contribution in [2.24, 2.45) is 5.92 Å². The van der Waals surface area contributed by atoms with Crippen molar-refractivity contribution in [1.29, 1.82) is 0 Å². The highest BCUT2D eigenvalue weighted by Gasteiger charge is 2.31. The molecular formula is C18H30N4O2S. The Morgan fingerprint density at radius 1 is 1.12 bits per heavy atom. The van der Waals surface area contributed by atoms with Crippen molar-refractivity contribution in [1.82, 2.24) is 14.3 Å². The first-order chi connectivity index (χ1) is 11.8. The van der Waals surface area contributed by atoms with E-state index >= 15 is 0 Å². The highest BCUT2D eigenvalue weighted by atomic mass is 32.2. The molecule has 3 rings (SSSR count). The fourth-order valence-corrected chi connectivity index (χ4v) is 5.62. The van der Waals surface area contributed by atoms with Crippen LogP contribution >= 0.6 is 0 Å². The number of anilines is 1. The second kappa shape index (κ2) is 7.58. The molecule has 2 heterocycles. The summed E-state index contributed by atoms with van der Waals surface area (Å²) in [6.07, 6.45) is 4.48. The van der Waals surface area contributed by atoms with Crippen molar-refractivity contribution in [2.45, 2.75) is 52.4 Å². The summed E-state index contributed by atoms with van der Waals surface area (Å²) in [7, 11) is -3.14. The van der Waals surface area contributed by atoms with Crippen LogP contribution in [0.15, 0.2) is 6.07 Å². The van der Waals surface area contributed by atoms with E-state index in [0.29, 0.717) is 43.8 Å². The number of hydrogen-bond donors (Lipinski definition) is 0. The van der Waals surface area contributed by atoms with Crippen LogP contribution in [0.3, 0.4) is 0 Å². The fraction of sp³-hybridized carbons (Fsp3) is 0.778. The first-order valence-electron chi connectivity index (χ1n) is 9.43. The number of hydrogen-bond acceptors (Lipinski definition) is 5. The van der Waals surface area contributed by atoms with Gasteiger partial charge in [0.15, 0.2) is 0 Å². The molecule has 0 aromatic carbocycles. The Morgan fingerprint density at radius 2 is 1.76 bits per heavy atom. The lowest BCUT2D eigenvalue weighted by molar-refractivity contribution is 0.377. The number of aryl methyl sites for hydroxylation is 1. The summed E-state index contributed by atoms with van der Waals surface area (Å²) in [6, 6.07) is 2.02. The van der Waals surface area contributed by atoms with Gasteiger partial charge in [-0.3, -0.25) is 0 Å². The Hall–Kier alpha value is -1.21. The van der Waals surface area contributed by atoms with Crippen molar-refractivity contribution >= 4 is 16.0 Å². The molecule has 0 atom stereocenters. The van der Waals surface area contributed by atoms with Crippen molar-refractivity contribution in [3.63, 3.8) is 0 Å². The lowest BCUT2D eigenvalue weighted by Crippen LogP contribution is -2.50. The first-order valence-corrected chi connectivity index (χ1v) is 11.0. The van der Waals surface area contributed by atoms with Gasteiger partial charge in [-0.2, -0.15) is 4.31 Å². The minimum absolute atomic E-state index is 0.325. The number of piperazine rings is 1. The minimum atomic E-state index is -3.14. The SMILES string of the molecule is Cc1cc(C(C)C)nc(N2CCN(S(=O)(=O)CC3CCCC3)CC2)n1. The summed E-state index contributed by atoms with van der Waals surface area (Å²) >= 11 is 0. The van der Waals surface area contributed by atoms with Crippen LogP contribution in [-0.2, 0) is 10.0 Å². The average Bonchev–Trinajstić information content (AvgIpc) is 3.06. The van der Waals surface area contributed by atoms with Crippen molar-refractivity contribution in [3.05, 3.63) is 17.5 Å². The Balaban J connectivity index is 1.63. The predicted molar refractivity (Wildman–Crippen MR) is 100 cm³/mol. The summed E-state index contributed by atoms with van der Waals surface area (Å²) < 4.78 is 27.0. The topological polar surface area (TPSA) is 66.4 Å². The van der Waals surface area contributed by atoms with Gasteiger partial charge in [0.05, 0.1) is 5.75 Å². The van der Waals surface area contributed by atoms with Gasteiger partial charge >= 0.3 is 0 Å². The van der Waals surface area contributed by atoms with Crippen LogP contribution in [0.1, 0.15) is 56.8 Å². The molecule has 1 aliphatic carbocycles. The molecule has 1 aromatic rings. The van der Waals surface area contributed by atoms with Gasteiger partial charge in [-0.15, -0.1) is 0 Å². The third kappa shape index (κ3) is 4.50. The van der Waals surface area contributed by atoms with Crippen LogP contribution in [0, 0.1) is 12.8 Å². The van der Waals surface area contributed by atoms with Crippen molar-refractivity contribution < 1.29 is 8.42 Å². The Morgan fingerprint density at radius 3 is 2.36 bits per heavy atom. The van der Waals surface area contributed by atoms with E-state index in [1.807, 2.05) is 13.0 Å². The van der Waals surface area contributed by atoms with Gasteiger partial charge in [-0.1, -0.05) is 26.7 Å². The molecule has 6 nitrogen and oxygen atoms in total. The Bertz CT molecular complexity index is 691. The molecule has 1 aliphatic heterocycles. The molecule has 0 N–H and O–H groups in total. The van der Waals surface area contributed by atoms with Gasteiger partial charge in [-0.05, 0) is 37.7 Å². The van der Waals surface area contributed by atoms with Gasteiger partial charge in [0.2, 0.25) is 16.0 Å². The van der Waals surface area contributed by atoms with Crippen LogP contribution in [0.5, 0.6) is 0 Å². The van der Waals surface area contributed by atoms with Crippen LogP contribution in [-0.4, -0.2) is 54.6 Å². The van der Waals surface area contributed by atoms with Crippen molar-refractivity contribution in [2.75, 3.05) is 36.8 Å². The van der Waals surface area contributed by atoms with E-state index in [4.69, 9.17) is 0 Å². The lowest BCUT2D eigenvalue weighted by atomic mass is 10.1. The van der Waals surface area contributed by atoms with Crippen LogP contribution < -0.4 is 4.90 Å². The third-order valence-corrected chi connectivity index (χ3v) is 7.33. The molecule has 0 spiro atoms. The van der Waals surface area contributed by atoms with Gasteiger partial charge in [0, 0.05) is 37.6 Å². The fourth-order valence-electron chi connectivity index (χ4n) is 3.76. The van der Waals surface area contributed by atoms with Gasteiger partial charge in [0.25, 0.3) is 0 Å². The zero-order valence-electron chi connectivity index (χ0n) is 15.6. The van der Waals surface area contributed by atoms with E-state index in [1.54, 1.807) is 4.31 Å². The highest BCUT2D eigenvalue weighted by Crippen LogP contribution is 2.27. The molecule has 0 unspecified atom stereocenters. The van der Waals surface area contributed by atoms with E-state index in [-0.39, 0.29) is 0 Å². The molecule has 0 radical (unpaired) electrons. The molecule has 0 amide bonds. The third-order valence-electron chi connectivity index (χ3n) is 5.29. The van der Waals surface area contributed by atoms with Gasteiger partial charge in [0.1, 0.15) is 0 Å². The first kappa shape index (κ1) is 18.6. The molecule has 2 fully saturated rings. The maximum absolute atomic E-state index is 12.7. The standard InChI is InChI=1S/C18H30N4O2S/c1-14(2)17-12-15(3)19-18(20-17)21-8-10-22(11-9-21)25(23,24)13-16-6-4-5-7-16/h12,14,16H,4-11,13H2,1-3H3. The molecule has 2 aliphatic rings. The van der Waals surface area contributed by atoms with Crippen LogP contribution in [0.25, 0.3) is 0 Å². The summed E-state index contributed by atoms with van der Waals surface area (Å²) in [5.41, 5.74) is 2.00. The number of rotatable bonds is 5. The minimum Gasteiger partial charge on any atom is -0.338 e. The Labute approximate surface area is 151 Å². The Kier molecular flexibility index (Phi) is 5.63. The molecule has 1 saturated heterocycles. The molecule has 0 bridgehead atoms. The molecule has 25 heavy (non-hydrogen) atoms. The molecule has 140 valence electrons. The maximum atomic E-state index is 12.7. The maximum Gasteiger partial charge on any atom is 0.225 e. The normalized spacial score (nSPS) is 20.6. The smallest absolute Gasteiger partial charge is 0.225 e. The second-order valence-corrected chi connectivity index (χ2v) is 9.72. The number of aromatic nitrogens is 2. The molecule has 1 saturated carbocycles. The molecular weight excluding hydrogens is 336 g/mol. The number of sulfonamides is 1. The lowest BCUT2D eigenvalue weighted by Gasteiger charge is -2.34. The van der Waals surface area contributed by atoms with E-state index in [2.05, 4.69) is 28.7 Å². The largest absolute Gasteiger partial charge is 0.338 e. The monoisotopic (exact) mass is 366 g/mol. The van der Waals surface area contributed by atoms with E-state index in [9.17, 15) is 8.42 Å². The average molecular weight is 367 g/mol. The van der Waals surface area contributed by atoms with E-state index < -0.39 is 10.0 Å². The number of nitrogens with zero attached hydrogens (tertiary/aromatic N) is 4. The predicted octanol–water partition coefficient (Wildman–Crippen LogP) is 2.55. The zero-order valence-corrected chi connectivity index (χ0v) is 16.4. The van der Waals surface area contributed by atoms with Gasteiger partial charge in [-0.25, -0.2) is 18.4 Å². The van der Waals surface area contributed by atoms with Crippen molar-refractivity contribution in [3.8, 4) is 0 Å². The second-order valence-electron chi connectivity index (χ2n) is 7.70. The van der Waals surface area contributed by atoms with Crippen LogP contribution in [0.4, 0.5) is 5.95 Å². The quantitative estimate of drug-likeness (QED) is 0.801. The van der Waals surface area contributed by atoms with E-state index in [1.165, 1.54) is 12.8 Å².